The molecule has 3 rings (SSSR count). The van der Waals surface area contributed by atoms with Gasteiger partial charge in [0.25, 0.3) is 0 Å². The SMILES string of the molecule is O=C(NCCCCn1ccnc1)NC[C@@H]1C[C@@H]1c1ccccc1. The van der Waals surface area contributed by atoms with Gasteiger partial charge >= 0.3 is 6.03 Å². The Morgan fingerprint density at radius 1 is 1.22 bits per heavy atom. The molecule has 2 atom stereocenters. The second kappa shape index (κ2) is 7.81. The minimum atomic E-state index is -0.0497. The van der Waals surface area contributed by atoms with Crippen molar-refractivity contribution in [1.29, 1.82) is 0 Å². The van der Waals surface area contributed by atoms with Crippen LogP contribution in [-0.2, 0) is 6.54 Å². The second-order valence-corrected chi connectivity index (χ2v) is 6.16. The first-order valence-corrected chi connectivity index (χ1v) is 8.35. The molecule has 0 aliphatic heterocycles. The highest BCUT2D eigenvalue weighted by Gasteiger charge is 2.37. The smallest absolute Gasteiger partial charge is 0.314 e. The van der Waals surface area contributed by atoms with Crippen LogP contribution in [0.25, 0.3) is 0 Å². The predicted molar refractivity (Wildman–Crippen MR) is 90.2 cm³/mol. The molecular weight excluding hydrogens is 288 g/mol. The van der Waals surface area contributed by atoms with Crippen molar-refractivity contribution in [3.05, 3.63) is 54.6 Å². The summed E-state index contributed by atoms with van der Waals surface area (Å²) in [6.07, 6.45) is 8.75. The van der Waals surface area contributed by atoms with Crippen LogP contribution in [0.2, 0.25) is 0 Å². The van der Waals surface area contributed by atoms with Crippen LogP contribution in [0.15, 0.2) is 49.1 Å². The number of imidazole rings is 1. The fourth-order valence-electron chi connectivity index (χ4n) is 2.91. The van der Waals surface area contributed by atoms with E-state index in [1.807, 2.05) is 18.6 Å². The Morgan fingerprint density at radius 3 is 2.87 bits per heavy atom. The van der Waals surface area contributed by atoms with Crippen LogP contribution >= 0.6 is 0 Å². The van der Waals surface area contributed by atoms with E-state index < -0.39 is 0 Å². The number of unbranched alkanes of at least 4 members (excludes halogenated alkanes) is 1. The number of hydrogen-bond donors (Lipinski definition) is 2. The molecule has 0 saturated heterocycles. The third kappa shape index (κ3) is 4.84. The molecule has 1 aromatic heterocycles. The molecule has 122 valence electrons. The first kappa shape index (κ1) is 15.6. The molecule has 1 heterocycles. The lowest BCUT2D eigenvalue weighted by atomic mass is 10.1. The van der Waals surface area contributed by atoms with Gasteiger partial charge in [0.1, 0.15) is 0 Å². The lowest BCUT2D eigenvalue weighted by Crippen LogP contribution is -2.37. The summed E-state index contributed by atoms with van der Waals surface area (Å²) < 4.78 is 2.05. The summed E-state index contributed by atoms with van der Waals surface area (Å²) in [5, 5.41) is 5.91. The Kier molecular flexibility index (Phi) is 5.29. The van der Waals surface area contributed by atoms with Crippen molar-refractivity contribution in [3.8, 4) is 0 Å². The van der Waals surface area contributed by atoms with E-state index in [1.54, 1.807) is 6.20 Å². The number of amides is 2. The summed E-state index contributed by atoms with van der Waals surface area (Å²) in [4.78, 5) is 15.8. The van der Waals surface area contributed by atoms with Crippen LogP contribution in [0, 0.1) is 5.92 Å². The normalized spacial score (nSPS) is 19.3. The Hall–Kier alpha value is -2.30. The number of rotatable bonds is 8. The third-order valence-electron chi connectivity index (χ3n) is 4.36. The fraction of sp³-hybridized carbons (Fsp3) is 0.444. The molecule has 23 heavy (non-hydrogen) atoms. The molecule has 5 nitrogen and oxygen atoms in total. The number of aromatic nitrogens is 2. The molecule has 5 heteroatoms. The van der Waals surface area contributed by atoms with Crippen LogP contribution in [0.4, 0.5) is 4.79 Å². The number of urea groups is 1. The Bertz CT molecular complexity index is 597. The second-order valence-electron chi connectivity index (χ2n) is 6.16. The highest BCUT2D eigenvalue weighted by atomic mass is 16.2. The van der Waals surface area contributed by atoms with Gasteiger partial charge < -0.3 is 15.2 Å². The number of benzene rings is 1. The van der Waals surface area contributed by atoms with Crippen LogP contribution in [-0.4, -0.2) is 28.7 Å². The molecular formula is C18H24N4O. The first-order chi connectivity index (χ1) is 11.3. The summed E-state index contributed by atoms with van der Waals surface area (Å²) in [7, 11) is 0. The Labute approximate surface area is 137 Å². The van der Waals surface area contributed by atoms with Crippen molar-refractivity contribution in [3.63, 3.8) is 0 Å². The maximum Gasteiger partial charge on any atom is 0.314 e. The van der Waals surface area contributed by atoms with Gasteiger partial charge in [-0.05, 0) is 36.7 Å². The van der Waals surface area contributed by atoms with E-state index in [0.717, 1.165) is 25.9 Å². The molecule has 0 radical (unpaired) electrons. The van der Waals surface area contributed by atoms with Crippen molar-refractivity contribution >= 4 is 6.03 Å². The van der Waals surface area contributed by atoms with E-state index in [9.17, 15) is 4.79 Å². The lowest BCUT2D eigenvalue weighted by Gasteiger charge is -2.08. The highest BCUT2D eigenvalue weighted by Crippen LogP contribution is 2.46. The number of nitrogens with one attached hydrogen (secondary N) is 2. The summed E-state index contributed by atoms with van der Waals surface area (Å²) in [5.74, 6) is 1.20. The zero-order valence-corrected chi connectivity index (χ0v) is 13.3. The van der Waals surface area contributed by atoms with E-state index in [2.05, 4.69) is 44.5 Å². The van der Waals surface area contributed by atoms with E-state index in [-0.39, 0.29) is 6.03 Å². The van der Waals surface area contributed by atoms with Gasteiger partial charge in [-0.3, -0.25) is 0 Å². The van der Waals surface area contributed by atoms with Crippen molar-refractivity contribution in [2.24, 2.45) is 5.92 Å². The zero-order chi connectivity index (χ0) is 15.9. The number of nitrogens with zero attached hydrogens (tertiary/aromatic N) is 2. The average Bonchev–Trinajstić information content (AvgIpc) is 3.18. The van der Waals surface area contributed by atoms with Crippen molar-refractivity contribution in [2.45, 2.75) is 31.7 Å². The number of carbonyl (C=O) groups is 1. The zero-order valence-electron chi connectivity index (χ0n) is 13.3. The van der Waals surface area contributed by atoms with Crippen LogP contribution < -0.4 is 10.6 Å². The monoisotopic (exact) mass is 312 g/mol. The predicted octanol–water partition coefficient (Wildman–Crippen LogP) is 2.77. The quantitative estimate of drug-likeness (QED) is 0.736. The molecule has 1 aliphatic carbocycles. The van der Waals surface area contributed by atoms with Crippen molar-refractivity contribution < 1.29 is 4.79 Å². The van der Waals surface area contributed by atoms with Gasteiger partial charge in [0.2, 0.25) is 0 Å². The van der Waals surface area contributed by atoms with E-state index >= 15 is 0 Å². The van der Waals surface area contributed by atoms with E-state index in [1.165, 1.54) is 12.0 Å². The summed E-state index contributed by atoms with van der Waals surface area (Å²) >= 11 is 0. The Morgan fingerprint density at radius 2 is 2.09 bits per heavy atom. The molecule has 2 N–H and O–H groups in total. The molecule has 2 amide bonds. The third-order valence-corrected chi connectivity index (χ3v) is 4.36. The molecule has 0 spiro atoms. The highest BCUT2D eigenvalue weighted by molar-refractivity contribution is 5.73. The van der Waals surface area contributed by atoms with Gasteiger partial charge in [0.05, 0.1) is 6.33 Å². The molecule has 1 aromatic carbocycles. The molecule has 1 fully saturated rings. The van der Waals surface area contributed by atoms with Gasteiger partial charge in [0, 0.05) is 32.0 Å². The van der Waals surface area contributed by atoms with Crippen LogP contribution in [0.3, 0.4) is 0 Å². The number of hydrogen-bond acceptors (Lipinski definition) is 2. The first-order valence-electron chi connectivity index (χ1n) is 8.35. The molecule has 0 unspecified atom stereocenters. The minimum absolute atomic E-state index is 0.0497. The Balaban J connectivity index is 1.23. The average molecular weight is 312 g/mol. The van der Waals surface area contributed by atoms with E-state index in [0.29, 0.717) is 18.4 Å². The standard InChI is InChI=1S/C18H24N4O/c23-18(20-8-4-5-10-22-11-9-19-14-22)21-13-16-12-17(16)15-6-2-1-3-7-15/h1-3,6-7,9,11,14,16-17H,4-5,8,10,12-13H2,(H2,20,21,23)/t16-,17+/m0/s1. The molecule has 1 aliphatic rings. The minimum Gasteiger partial charge on any atom is -0.338 e. The largest absolute Gasteiger partial charge is 0.338 e. The molecule has 1 saturated carbocycles. The number of carbonyl (C=O) groups excluding carboxylic acids is 1. The van der Waals surface area contributed by atoms with E-state index in [4.69, 9.17) is 0 Å². The van der Waals surface area contributed by atoms with Gasteiger partial charge in [-0.2, -0.15) is 0 Å². The van der Waals surface area contributed by atoms with Crippen LogP contribution in [0.1, 0.15) is 30.7 Å². The maximum absolute atomic E-state index is 11.8. The maximum atomic E-state index is 11.8. The molecule has 2 aromatic rings. The van der Waals surface area contributed by atoms with Gasteiger partial charge in [-0.15, -0.1) is 0 Å². The van der Waals surface area contributed by atoms with Gasteiger partial charge in [-0.25, -0.2) is 9.78 Å². The van der Waals surface area contributed by atoms with Gasteiger partial charge in [-0.1, -0.05) is 30.3 Å². The lowest BCUT2D eigenvalue weighted by molar-refractivity contribution is 0.240. The van der Waals surface area contributed by atoms with Crippen LogP contribution in [0.5, 0.6) is 0 Å². The summed E-state index contributed by atoms with van der Waals surface area (Å²) in [5.41, 5.74) is 1.39. The number of aryl methyl sites for hydroxylation is 1. The molecule has 0 bridgehead atoms. The fourth-order valence-corrected chi connectivity index (χ4v) is 2.91. The van der Waals surface area contributed by atoms with Crippen molar-refractivity contribution in [1.82, 2.24) is 20.2 Å². The van der Waals surface area contributed by atoms with Crippen molar-refractivity contribution in [2.75, 3.05) is 13.1 Å². The summed E-state index contributed by atoms with van der Waals surface area (Å²) in [6, 6.07) is 10.5. The van der Waals surface area contributed by atoms with Gasteiger partial charge in [0.15, 0.2) is 0 Å². The topological polar surface area (TPSA) is 59.0 Å². The summed E-state index contributed by atoms with van der Waals surface area (Å²) in [6.45, 7) is 2.43.